The second-order valence-corrected chi connectivity index (χ2v) is 4.30. The summed E-state index contributed by atoms with van der Waals surface area (Å²) in [7, 11) is 0. The molecule has 2 heterocycles. The number of nitrogens with zero attached hydrogens (tertiary/aromatic N) is 4. The van der Waals surface area contributed by atoms with Crippen LogP contribution < -0.4 is 5.73 Å². The van der Waals surface area contributed by atoms with E-state index in [0.717, 1.165) is 23.4 Å². The van der Waals surface area contributed by atoms with Crippen molar-refractivity contribution in [2.75, 3.05) is 6.61 Å². The Balaban J connectivity index is 2.27. The van der Waals surface area contributed by atoms with E-state index in [9.17, 15) is 0 Å². The molecule has 0 aromatic carbocycles. The third-order valence-electron chi connectivity index (χ3n) is 2.21. The van der Waals surface area contributed by atoms with Gasteiger partial charge in [0.05, 0.1) is 18.3 Å². The predicted octanol–water partition coefficient (Wildman–Crippen LogP) is 0.533. The zero-order valence-corrected chi connectivity index (χ0v) is 10.1. The standard InChI is InChI=1S/C9H13N5O2S/c1-2-3-6-7(17-14-12-6)9-11-8(13-16-9)5(10)4-15/h5,15H,2-4,10H2,1H3. The van der Waals surface area contributed by atoms with Crippen LogP contribution in [0.2, 0.25) is 0 Å². The van der Waals surface area contributed by atoms with Crippen LogP contribution in [0.3, 0.4) is 0 Å². The lowest BCUT2D eigenvalue weighted by Crippen LogP contribution is -2.15. The molecule has 2 aromatic rings. The van der Waals surface area contributed by atoms with Crippen molar-refractivity contribution in [2.24, 2.45) is 5.73 Å². The van der Waals surface area contributed by atoms with Crippen LogP contribution in [0.15, 0.2) is 4.52 Å². The van der Waals surface area contributed by atoms with Crippen LogP contribution in [-0.4, -0.2) is 31.4 Å². The summed E-state index contributed by atoms with van der Waals surface area (Å²) in [5.41, 5.74) is 6.45. The smallest absolute Gasteiger partial charge is 0.271 e. The summed E-state index contributed by atoms with van der Waals surface area (Å²) in [6.45, 7) is 1.84. The summed E-state index contributed by atoms with van der Waals surface area (Å²) in [6.07, 6.45) is 1.78. The van der Waals surface area contributed by atoms with Crippen molar-refractivity contribution in [2.45, 2.75) is 25.8 Å². The van der Waals surface area contributed by atoms with E-state index in [-0.39, 0.29) is 6.61 Å². The number of aliphatic hydroxyl groups is 1. The second kappa shape index (κ2) is 5.30. The zero-order chi connectivity index (χ0) is 12.3. The highest BCUT2D eigenvalue weighted by Gasteiger charge is 2.19. The summed E-state index contributed by atoms with van der Waals surface area (Å²) >= 11 is 1.21. The molecule has 0 aliphatic carbocycles. The number of hydrogen-bond donors (Lipinski definition) is 2. The van der Waals surface area contributed by atoms with E-state index in [0.29, 0.717) is 11.7 Å². The Kier molecular flexibility index (Phi) is 3.77. The van der Waals surface area contributed by atoms with Crippen LogP contribution in [0.1, 0.15) is 30.9 Å². The third kappa shape index (κ3) is 2.48. The van der Waals surface area contributed by atoms with Gasteiger partial charge in [-0.3, -0.25) is 0 Å². The Morgan fingerprint density at radius 3 is 3.06 bits per heavy atom. The number of aromatic nitrogens is 4. The monoisotopic (exact) mass is 255 g/mol. The van der Waals surface area contributed by atoms with E-state index in [1.165, 1.54) is 11.5 Å². The molecule has 8 heteroatoms. The lowest BCUT2D eigenvalue weighted by Gasteiger charge is -1.98. The number of aliphatic hydroxyl groups excluding tert-OH is 1. The average Bonchev–Trinajstić information content (AvgIpc) is 2.96. The molecule has 0 radical (unpaired) electrons. The highest BCUT2D eigenvalue weighted by atomic mass is 32.1. The summed E-state index contributed by atoms with van der Waals surface area (Å²) in [5.74, 6) is 0.653. The van der Waals surface area contributed by atoms with Crippen molar-refractivity contribution in [1.82, 2.24) is 19.7 Å². The lowest BCUT2D eigenvalue weighted by atomic mass is 10.2. The molecule has 0 amide bonds. The highest BCUT2D eigenvalue weighted by molar-refractivity contribution is 7.09. The van der Waals surface area contributed by atoms with Crippen LogP contribution in [0, 0.1) is 0 Å². The van der Waals surface area contributed by atoms with Gasteiger partial charge in [0.25, 0.3) is 5.89 Å². The number of rotatable bonds is 5. The van der Waals surface area contributed by atoms with E-state index in [2.05, 4.69) is 26.7 Å². The molecule has 1 unspecified atom stereocenters. The number of nitrogens with two attached hydrogens (primary N) is 1. The summed E-state index contributed by atoms with van der Waals surface area (Å²) in [6, 6.07) is -0.622. The zero-order valence-electron chi connectivity index (χ0n) is 9.33. The minimum atomic E-state index is -0.622. The van der Waals surface area contributed by atoms with E-state index in [1.54, 1.807) is 0 Å². The highest BCUT2D eigenvalue weighted by Crippen LogP contribution is 2.25. The maximum Gasteiger partial charge on any atom is 0.271 e. The normalized spacial score (nSPS) is 12.9. The molecule has 2 rings (SSSR count). The van der Waals surface area contributed by atoms with Gasteiger partial charge >= 0.3 is 0 Å². The van der Waals surface area contributed by atoms with Gasteiger partial charge in [-0.2, -0.15) is 4.98 Å². The van der Waals surface area contributed by atoms with Gasteiger partial charge in [0.2, 0.25) is 0 Å². The first-order chi connectivity index (χ1) is 8.26. The first kappa shape index (κ1) is 12.1. The SMILES string of the molecule is CCCc1nnsc1-c1nc(C(N)CO)no1. The Bertz CT molecular complexity index is 483. The van der Waals surface area contributed by atoms with Crippen molar-refractivity contribution in [3.63, 3.8) is 0 Å². The van der Waals surface area contributed by atoms with E-state index in [4.69, 9.17) is 15.4 Å². The Hall–Kier alpha value is -1.38. The summed E-state index contributed by atoms with van der Waals surface area (Å²) < 4.78 is 8.97. The molecule has 0 bridgehead atoms. The van der Waals surface area contributed by atoms with Crippen LogP contribution in [0.5, 0.6) is 0 Å². The van der Waals surface area contributed by atoms with Gasteiger partial charge < -0.3 is 15.4 Å². The molecular weight excluding hydrogens is 242 g/mol. The fourth-order valence-electron chi connectivity index (χ4n) is 1.33. The first-order valence-electron chi connectivity index (χ1n) is 5.27. The van der Waals surface area contributed by atoms with Crippen molar-refractivity contribution < 1.29 is 9.63 Å². The Morgan fingerprint density at radius 1 is 1.53 bits per heavy atom. The van der Waals surface area contributed by atoms with Gasteiger partial charge in [-0.1, -0.05) is 23.0 Å². The van der Waals surface area contributed by atoms with E-state index in [1.807, 2.05) is 0 Å². The minimum absolute atomic E-state index is 0.221. The van der Waals surface area contributed by atoms with Crippen LogP contribution >= 0.6 is 11.5 Å². The lowest BCUT2D eigenvalue weighted by molar-refractivity contribution is 0.260. The maximum atomic E-state index is 8.90. The van der Waals surface area contributed by atoms with E-state index >= 15 is 0 Å². The van der Waals surface area contributed by atoms with Crippen molar-refractivity contribution >= 4 is 11.5 Å². The summed E-state index contributed by atoms with van der Waals surface area (Å²) in [4.78, 5) is 4.91. The van der Waals surface area contributed by atoms with Gasteiger partial charge in [-0.05, 0) is 18.0 Å². The second-order valence-electron chi connectivity index (χ2n) is 3.55. The van der Waals surface area contributed by atoms with Crippen LogP contribution in [0.25, 0.3) is 10.8 Å². The molecule has 0 saturated heterocycles. The third-order valence-corrected chi connectivity index (χ3v) is 2.96. The topological polar surface area (TPSA) is 111 Å². The molecule has 0 aliphatic heterocycles. The van der Waals surface area contributed by atoms with Gasteiger partial charge in [0.15, 0.2) is 5.82 Å². The van der Waals surface area contributed by atoms with Crippen LogP contribution in [-0.2, 0) is 6.42 Å². The molecule has 0 spiro atoms. The Morgan fingerprint density at radius 2 is 2.35 bits per heavy atom. The van der Waals surface area contributed by atoms with Gasteiger partial charge in [-0.25, -0.2) is 0 Å². The molecule has 1 atom stereocenters. The number of hydrogen-bond acceptors (Lipinski definition) is 8. The molecule has 2 aromatic heterocycles. The molecule has 0 aliphatic rings. The molecule has 17 heavy (non-hydrogen) atoms. The first-order valence-corrected chi connectivity index (χ1v) is 6.05. The summed E-state index contributed by atoms with van der Waals surface area (Å²) in [5, 5.41) is 16.6. The van der Waals surface area contributed by atoms with Gasteiger partial charge in [0, 0.05) is 0 Å². The Labute approximate surface area is 102 Å². The molecule has 3 N–H and O–H groups in total. The fraction of sp³-hybridized carbons (Fsp3) is 0.556. The number of aryl methyl sites for hydroxylation is 1. The average molecular weight is 255 g/mol. The molecular formula is C9H13N5O2S. The maximum absolute atomic E-state index is 8.90. The quantitative estimate of drug-likeness (QED) is 0.801. The molecule has 0 saturated carbocycles. The van der Waals surface area contributed by atoms with Gasteiger partial charge in [0.1, 0.15) is 4.88 Å². The van der Waals surface area contributed by atoms with Crippen molar-refractivity contribution in [3.8, 4) is 10.8 Å². The fourth-order valence-corrected chi connectivity index (χ4v) is 1.96. The minimum Gasteiger partial charge on any atom is -0.394 e. The van der Waals surface area contributed by atoms with Crippen LogP contribution in [0.4, 0.5) is 0 Å². The van der Waals surface area contributed by atoms with Crippen molar-refractivity contribution in [3.05, 3.63) is 11.5 Å². The van der Waals surface area contributed by atoms with Crippen molar-refractivity contribution in [1.29, 1.82) is 0 Å². The molecule has 92 valence electrons. The largest absolute Gasteiger partial charge is 0.394 e. The van der Waals surface area contributed by atoms with E-state index < -0.39 is 6.04 Å². The predicted molar refractivity (Wildman–Crippen MR) is 61.2 cm³/mol. The van der Waals surface area contributed by atoms with Gasteiger partial charge in [-0.15, -0.1) is 5.10 Å². The molecule has 0 fully saturated rings. The molecule has 7 nitrogen and oxygen atoms in total.